The Labute approximate surface area is 130 Å². The molecule has 0 N–H and O–H groups in total. The van der Waals surface area contributed by atoms with Gasteiger partial charge >= 0.3 is 5.00 Å². The number of nitrogens with zero attached hydrogens (tertiary/aromatic N) is 4. The molecule has 6 nitrogen and oxygen atoms in total. The maximum atomic E-state index is 11.3. The Kier molecular flexibility index (Phi) is 4.57. The zero-order chi connectivity index (χ0) is 13.9. The minimum absolute atomic E-state index is 0.199. The molecule has 2 fully saturated rings. The Balaban J connectivity index is 1.87. The van der Waals surface area contributed by atoms with Crippen molar-refractivity contribution in [3.05, 3.63) is 10.1 Å². The third kappa shape index (κ3) is 2.99. The quantitative estimate of drug-likeness (QED) is 0.621. The van der Waals surface area contributed by atoms with Crippen LogP contribution in [0.15, 0.2) is 0 Å². The van der Waals surface area contributed by atoms with Crippen LogP contribution in [-0.2, 0) is 0 Å². The predicted molar refractivity (Wildman–Crippen MR) is 87.8 cm³/mol. The van der Waals surface area contributed by atoms with Gasteiger partial charge in [-0.05, 0) is 11.3 Å². The van der Waals surface area contributed by atoms with E-state index in [1.54, 1.807) is 0 Å². The summed E-state index contributed by atoms with van der Waals surface area (Å²) in [6.07, 6.45) is 0. The van der Waals surface area contributed by atoms with Gasteiger partial charge < -0.3 is 9.80 Å². The van der Waals surface area contributed by atoms with Gasteiger partial charge in [0.25, 0.3) is 0 Å². The number of aromatic nitrogens is 1. The minimum Gasteiger partial charge on any atom is -0.348 e. The second-order valence-electron chi connectivity index (χ2n) is 4.58. The first-order valence-corrected chi connectivity index (χ1v) is 9.69. The van der Waals surface area contributed by atoms with Crippen LogP contribution in [0.25, 0.3) is 0 Å². The van der Waals surface area contributed by atoms with Crippen molar-refractivity contribution in [2.45, 2.75) is 0 Å². The zero-order valence-electron chi connectivity index (χ0n) is 11.0. The maximum absolute atomic E-state index is 11.3. The first-order chi connectivity index (χ1) is 9.75. The first-order valence-electron chi connectivity index (χ1n) is 6.56. The van der Waals surface area contributed by atoms with Crippen molar-refractivity contribution < 1.29 is 4.92 Å². The Hall–Kier alpha value is -0.670. The van der Waals surface area contributed by atoms with Crippen molar-refractivity contribution in [2.75, 3.05) is 59.0 Å². The lowest BCUT2D eigenvalue weighted by Crippen LogP contribution is -2.34. The lowest BCUT2D eigenvalue weighted by molar-refractivity contribution is -0.379. The van der Waals surface area contributed by atoms with Crippen LogP contribution in [0.3, 0.4) is 0 Å². The van der Waals surface area contributed by atoms with E-state index < -0.39 is 0 Å². The van der Waals surface area contributed by atoms with E-state index in [1.807, 2.05) is 23.5 Å². The van der Waals surface area contributed by atoms with E-state index in [1.165, 1.54) is 11.3 Å². The average molecular weight is 332 g/mol. The van der Waals surface area contributed by atoms with E-state index in [9.17, 15) is 10.1 Å². The van der Waals surface area contributed by atoms with Gasteiger partial charge in [-0.25, -0.2) is 0 Å². The fourth-order valence-electron chi connectivity index (χ4n) is 2.28. The highest BCUT2D eigenvalue weighted by Crippen LogP contribution is 2.39. The lowest BCUT2D eigenvalue weighted by atomic mass is 10.5. The normalized spacial score (nSPS) is 20.2. The summed E-state index contributed by atoms with van der Waals surface area (Å²) in [6, 6.07) is 0. The summed E-state index contributed by atoms with van der Waals surface area (Å²) in [7, 11) is 0. The number of hydrogen-bond acceptors (Lipinski definition) is 8. The van der Waals surface area contributed by atoms with E-state index >= 15 is 0 Å². The standard InChI is InChI=1S/C11H16N4O2S3/c16-15(17)10-9(13-1-5-18-6-2-13)12-11(20-10)14-3-7-19-8-4-14/h1-8H2. The molecule has 2 aliphatic heterocycles. The van der Waals surface area contributed by atoms with E-state index in [-0.39, 0.29) is 9.92 Å². The van der Waals surface area contributed by atoms with Crippen LogP contribution >= 0.6 is 34.9 Å². The molecule has 0 unspecified atom stereocenters. The Morgan fingerprint density at radius 2 is 1.55 bits per heavy atom. The van der Waals surface area contributed by atoms with E-state index in [2.05, 4.69) is 14.8 Å². The van der Waals surface area contributed by atoms with Crippen LogP contribution in [0.2, 0.25) is 0 Å². The fourth-order valence-corrected chi connectivity index (χ4v) is 5.05. The average Bonchev–Trinajstić information content (AvgIpc) is 2.94. The topological polar surface area (TPSA) is 62.5 Å². The summed E-state index contributed by atoms with van der Waals surface area (Å²) in [5.74, 6) is 4.76. The third-order valence-electron chi connectivity index (χ3n) is 3.34. The van der Waals surface area contributed by atoms with Crippen molar-refractivity contribution in [3.63, 3.8) is 0 Å². The van der Waals surface area contributed by atoms with Gasteiger partial charge in [-0.3, -0.25) is 10.1 Å². The van der Waals surface area contributed by atoms with Gasteiger partial charge in [0.1, 0.15) is 0 Å². The minimum atomic E-state index is -0.281. The molecule has 0 amide bonds. The van der Waals surface area contributed by atoms with Crippen LogP contribution in [0.5, 0.6) is 0 Å². The molecule has 0 atom stereocenters. The monoisotopic (exact) mass is 332 g/mol. The molecule has 9 heteroatoms. The highest BCUT2D eigenvalue weighted by molar-refractivity contribution is 7.99. The molecule has 1 aromatic rings. The molecule has 20 heavy (non-hydrogen) atoms. The van der Waals surface area contributed by atoms with Crippen LogP contribution in [0.1, 0.15) is 0 Å². The number of thiazole rings is 1. The summed E-state index contributed by atoms with van der Waals surface area (Å²) in [6.45, 7) is 3.57. The molecule has 0 radical (unpaired) electrons. The van der Waals surface area contributed by atoms with Gasteiger partial charge in [-0.15, -0.1) is 0 Å². The van der Waals surface area contributed by atoms with Gasteiger partial charge in [0.15, 0.2) is 5.13 Å². The van der Waals surface area contributed by atoms with Gasteiger partial charge in [0.05, 0.1) is 4.92 Å². The van der Waals surface area contributed by atoms with Crippen LogP contribution in [-0.4, -0.2) is 59.1 Å². The van der Waals surface area contributed by atoms with Crippen molar-refractivity contribution >= 4 is 50.8 Å². The van der Waals surface area contributed by atoms with Crippen molar-refractivity contribution in [3.8, 4) is 0 Å². The summed E-state index contributed by atoms with van der Waals surface area (Å²) < 4.78 is 0. The molecule has 2 aliphatic rings. The summed E-state index contributed by atoms with van der Waals surface area (Å²) in [5.41, 5.74) is 0. The SMILES string of the molecule is O=[N+]([O-])c1sc(N2CCSCC2)nc1N1CCSCC1. The highest BCUT2D eigenvalue weighted by atomic mass is 32.2. The largest absolute Gasteiger partial charge is 0.369 e. The molecule has 0 saturated carbocycles. The van der Waals surface area contributed by atoms with Gasteiger partial charge in [0, 0.05) is 49.2 Å². The maximum Gasteiger partial charge on any atom is 0.369 e. The molecule has 0 spiro atoms. The fraction of sp³-hybridized carbons (Fsp3) is 0.727. The zero-order valence-corrected chi connectivity index (χ0v) is 13.4. The number of nitro groups is 1. The van der Waals surface area contributed by atoms with Crippen molar-refractivity contribution in [2.24, 2.45) is 0 Å². The van der Waals surface area contributed by atoms with Crippen LogP contribution < -0.4 is 9.80 Å². The molecule has 3 heterocycles. The number of hydrogen-bond donors (Lipinski definition) is 0. The van der Waals surface area contributed by atoms with Crippen molar-refractivity contribution in [1.82, 2.24) is 4.98 Å². The third-order valence-corrected chi connectivity index (χ3v) is 6.28. The van der Waals surface area contributed by atoms with Crippen LogP contribution in [0, 0.1) is 10.1 Å². The second kappa shape index (κ2) is 6.40. The number of rotatable bonds is 3. The summed E-state index contributed by atoms with van der Waals surface area (Å²) in [5, 5.41) is 12.3. The predicted octanol–water partition coefficient (Wildman–Crippen LogP) is 2.16. The lowest BCUT2D eigenvalue weighted by Gasteiger charge is -2.27. The van der Waals surface area contributed by atoms with E-state index in [0.717, 1.165) is 54.3 Å². The molecule has 3 rings (SSSR count). The molecule has 110 valence electrons. The second-order valence-corrected chi connectivity index (χ2v) is 7.99. The molecular weight excluding hydrogens is 316 g/mol. The Morgan fingerprint density at radius 3 is 2.10 bits per heavy atom. The molecule has 2 saturated heterocycles. The van der Waals surface area contributed by atoms with Gasteiger partial charge in [-0.1, -0.05) is 0 Å². The first kappa shape index (κ1) is 14.3. The molecular formula is C11H16N4O2S3. The van der Waals surface area contributed by atoms with E-state index in [0.29, 0.717) is 5.82 Å². The molecule has 1 aromatic heterocycles. The van der Waals surface area contributed by atoms with Crippen LogP contribution in [0.4, 0.5) is 16.0 Å². The Morgan fingerprint density at radius 1 is 1.00 bits per heavy atom. The van der Waals surface area contributed by atoms with E-state index in [4.69, 9.17) is 0 Å². The smallest absolute Gasteiger partial charge is 0.348 e. The van der Waals surface area contributed by atoms with Crippen molar-refractivity contribution in [1.29, 1.82) is 0 Å². The van der Waals surface area contributed by atoms with Gasteiger partial charge in [0.2, 0.25) is 5.82 Å². The Bertz CT molecular complexity index is 484. The molecule has 0 aromatic carbocycles. The highest BCUT2D eigenvalue weighted by Gasteiger charge is 2.29. The number of anilines is 2. The van der Waals surface area contributed by atoms with Gasteiger partial charge in [-0.2, -0.15) is 28.5 Å². The molecule has 0 bridgehead atoms. The summed E-state index contributed by atoms with van der Waals surface area (Å²) in [4.78, 5) is 19.8. The summed E-state index contributed by atoms with van der Waals surface area (Å²) >= 11 is 5.05. The number of thioether (sulfide) groups is 2. The molecule has 0 aliphatic carbocycles.